The molecule has 5 nitrogen and oxygen atoms in total. The van der Waals surface area contributed by atoms with Gasteiger partial charge in [-0.15, -0.1) is 0 Å². The van der Waals surface area contributed by atoms with Gasteiger partial charge >= 0.3 is 6.03 Å². The second kappa shape index (κ2) is 7.11. The minimum absolute atomic E-state index is 0.246. The Kier molecular flexibility index (Phi) is 4.90. The van der Waals surface area contributed by atoms with Crippen molar-refractivity contribution in [2.24, 2.45) is 0 Å². The molecule has 0 saturated carbocycles. The number of urea groups is 1. The van der Waals surface area contributed by atoms with Crippen LogP contribution >= 0.6 is 15.9 Å². The Morgan fingerprint density at radius 1 is 1.12 bits per heavy atom. The van der Waals surface area contributed by atoms with Crippen LogP contribution in [-0.2, 0) is 4.79 Å². The molecule has 2 aromatic rings. The average Bonchev–Trinajstić information content (AvgIpc) is 2.56. The first-order valence-corrected chi connectivity index (χ1v) is 8.65. The van der Waals surface area contributed by atoms with E-state index in [0.717, 1.165) is 21.3 Å². The summed E-state index contributed by atoms with van der Waals surface area (Å²) in [4.78, 5) is 24.9. The number of hydrogen-bond donors (Lipinski definition) is 3. The third-order valence-corrected chi connectivity index (χ3v) is 4.58. The van der Waals surface area contributed by atoms with Crippen LogP contribution in [0.1, 0.15) is 24.1 Å². The van der Waals surface area contributed by atoms with Crippen molar-refractivity contribution in [1.29, 1.82) is 0 Å². The Balaban J connectivity index is 1.97. The zero-order chi connectivity index (χ0) is 18.0. The van der Waals surface area contributed by atoms with Gasteiger partial charge in [0.2, 0.25) is 0 Å². The lowest BCUT2D eigenvalue weighted by molar-refractivity contribution is -0.113. The monoisotopic (exact) mass is 399 g/mol. The summed E-state index contributed by atoms with van der Waals surface area (Å²) in [6, 6.07) is 14.3. The lowest BCUT2D eigenvalue weighted by Gasteiger charge is -2.29. The zero-order valence-electron chi connectivity index (χ0n) is 13.9. The van der Waals surface area contributed by atoms with Gasteiger partial charge in [-0.1, -0.05) is 46.3 Å². The molecule has 1 heterocycles. The summed E-state index contributed by atoms with van der Waals surface area (Å²) in [6.45, 7) is 3.67. The summed E-state index contributed by atoms with van der Waals surface area (Å²) in [5.74, 6) is -0.246. The van der Waals surface area contributed by atoms with Gasteiger partial charge in [0.25, 0.3) is 5.91 Å². The van der Waals surface area contributed by atoms with Gasteiger partial charge in [0.05, 0.1) is 11.6 Å². The normalized spacial score (nSPS) is 16.9. The topological polar surface area (TPSA) is 70.2 Å². The molecule has 1 atom stereocenters. The molecule has 0 saturated heterocycles. The van der Waals surface area contributed by atoms with Crippen molar-refractivity contribution in [3.8, 4) is 0 Å². The highest BCUT2D eigenvalue weighted by molar-refractivity contribution is 9.10. The number of rotatable bonds is 3. The molecule has 128 valence electrons. The molecule has 25 heavy (non-hydrogen) atoms. The van der Waals surface area contributed by atoms with Crippen LogP contribution in [0.4, 0.5) is 10.5 Å². The Morgan fingerprint density at radius 2 is 1.88 bits per heavy atom. The van der Waals surface area contributed by atoms with Gasteiger partial charge < -0.3 is 16.0 Å². The predicted octanol–water partition coefficient (Wildman–Crippen LogP) is 4.02. The van der Waals surface area contributed by atoms with Crippen molar-refractivity contribution in [1.82, 2.24) is 10.6 Å². The molecule has 1 aliphatic rings. The molecule has 1 aliphatic heterocycles. The van der Waals surface area contributed by atoms with Gasteiger partial charge in [-0.2, -0.15) is 0 Å². The largest absolute Gasteiger partial charge is 0.327 e. The van der Waals surface area contributed by atoms with E-state index in [2.05, 4.69) is 31.9 Å². The molecule has 0 aliphatic carbocycles. The van der Waals surface area contributed by atoms with E-state index in [-0.39, 0.29) is 11.9 Å². The lowest BCUT2D eigenvalue weighted by atomic mass is 9.95. The summed E-state index contributed by atoms with van der Waals surface area (Å²) in [6.07, 6.45) is 0. The zero-order valence-corrected chi connectivity index (χ0v) is 15.5. The third-order valence-electron chi connectivity index (χ3n) is 4.09. The minimum Gasteiger partial charge on any atom is -0.327 e. The van der Waals surface area contributed by atoms with Crippen LogP contribution in [0.2, 0.25) is 0 Å². The van der Waals surface area contributed by atoms with Crippen molar-refractivity contribution < 1.29 is 9.59 Å². The quantitative estimate of drug-likeness (QED) is 0.728. The number of carbonyl (C=O) groups is 2. The summed E-state index contributed by atoms with van der Waals surface area (Å²) >= 11 is 3.43. The fourth-order valence-electron chi connectivity index (χ4n) is 2.83. The van der Waals surface area contributed by atoms with Crippen LogP contribution in [0, 0.1) is 6.92 Å². The number of hydrogen-bond acceptors (Lipinski definition) is 2. The SMILES string of the molecule is CC1=C(C(=O)Nc2ccccc2C)[C@@H](c2cccc(Br)c2)NC(=O)N1. The van der Waals surface area contributed by atoms with Gasteiger partial charge in [0.15, 0.2) is 0 Å². The summed E-state index contributed by atoms with van der Waals surface area (Å²) in [5, 5.41) is 8.45. The third kappa shape index (κ3) is 3.74. The Bertz CT molecular complexity index is 876. The van der Waals surface area contributed by atoms with Crippen molar-refractivity contribution in [3.63, 3.8) is 0 Å². The highest BCUT2D eigenvalue weighted by atomic mass is 79.9. The molecule has 6 heteroatoms. The lowest BCUT2D eigenvalue weighted by Crippen LogP contribution is -2.46. The highest BCUT2D eigenvalue weighted by Crippen LogP contribution is 2.29. The van der Waals surface area contributed by atoms with Gasteiger partial charge in [0, 0.05) is 15.9 Å². The average molecular weight is 400 g/mol. The first kappa shape index (κ1) is 17.2. The van der Waals surface area contributed by atoms with Gasteiger partial charge in [0.1, 0.15) is 0 Å². The van der Waals surface area contributed by atoms with Crippen LogP contribution in [0.5, 0.6) is 0 Å². The number of aryl methyl sites for hydroxylation is 1. The second-order valence-corrected chi connectivity index (χ2v) is 6.81. The van der Waals surface area contributed by atoms with Gasteiger partial charge in [-0.3, -0.25) is 4.79 Å². The van der Waals surface area contributed by atoms with Crippen molar-refractivity contribution >= 4 is 33.6 Å². The van der Waals surface area contributed by atoms with E-state index in [9.17, 15) is 9.59 Å². The molecule has 3 N–H and O–H groups in total. The van der Waals surface area contributed by atoms with E-state index in [1.807, 2.05) is 55.5 Å². The molecule has 0 unspecified atom stereocenters. The van der Waals surface area contributed by atoms with Crippen LogP contribution in [0.25, 0.3) is 0 Å². The van der Waals surface area contributed by atoms with Crippen molar-refractivity contribution in [2.75, 3.05) is 5.32 Å². The first-order chi connectivity index (χ1) is 12.0. The number of nitrogens with one attached hydrogen (secondary N) is 3. The van der Waals surface area contributed by atoms with Gasteiger partial charge in [-0.05, 0) is 43.2 Å². The summed E-state index contributed by atoms with van der Waals surface area (Å²) in [7, 11) is 0. The van der Waals surface area contributed by atoms with Crippen molar-refractivity contribution in [2.45, 2.75) is 19.9 Å². The molecule has 3 rings (SSSR count). The van der Waals surface area contributed by atoms with E-state index < -0.39 is 6.04 Å². The minimum atomic E-state index is -0.518. The van der Waals surface area contributed by atoms with E-state index in [1.54, 1.807) is 6.92 Å². The molecule has 0 aromatic heterocycles. The number of carbonyl (C=O) groups excluding carboxylic acids is 2. The van der Waals surface area contributed by atoms with E-state index in [4.69, 9.17) is 0 Å². The Morgan fingerprint density at radius 3 is 2.60 bits per heavy atom. The van der Waals surface area contributed by atoms with Crippen LogP contribution in [0.15, 0.2) is 64.3 Å². The number of para-hydroxylation sites is 1. The first-order valence-electron chi connectivity index (χ1n) is 7.86. The number of anilines is 1. The predicted molar refractivity (Wildman–Crippen MR) is 101 cm³/mol. The smallest absolute Gasteiger partial charge is 0.319 e. The Labute approximate surface area is 154 Å². The maximum Gasteiger partial charge on any atom is 0.319 e. The van der Waals surface area contributed by atoms with Crippen LogP contribution < -0.4 is 16.0 Å². The molecule has 0 fully saturated rings. The fraction of sp³-hybridized carbons (Fsp3) is 0.158. The van der Waals surface area contributed by atoms with Crippen molar-refractivity contribution in [3.05, 3.63) is 75.4 Å². The summed E-state index contributed by atoms with van der Waals surface area (Å²) in [5.41, 5.74) is 3.58. The summed E-state index contributed by atoms with van der Waals surface area (Å²) < 4.78 is 0.883. The molecule has 3 amide bonds. The molecular weight excluding hydrogens is 382 g/mol. The van der Waals surface area contributed by atoms with Crippen LogP contribution in [-0.4, -0.2) is 11.9 Å². The molecule has 0 radical (unpaired) electrons. The molecular formula is C19H18BrN3O2. The van der Waals surface area contributed by atoms with E-state index >= 15 is 0 Å². The van der Waals surface area contributed by atoms with E-state index in [0.29, 0.717) is 11.3 Å². The maximum absolute atomic E-state index is 12.9. The molecule has 0 bridgehead atoms. The molecule has 0 spiro atoms. The van der Waals surface area contributed by atoms with Gasteiger partial charge in [-0.25, -0.2) is 4.79 Å². The number of halogens is 1. The molecule has 2 aromatic carbocycles. The fourth-order valence-corrected chi connectivity index (χ4v) is 3.25. The maximum atomic E-state index is 12.9. The highest BCUT2D eigenvalue weighted by Gasteiger charge is 2.31. The van der Waals surface area contributed by atoms with Crippen LogP contribution in [0.3, 0.4) is 0 Å². The number of allylic oxidation sites excluding steroid dienone is 1. The standard InChI is InChI=1S/C19H18BrN3O2/c1-11-6-3-4-9-15(11)22-18(24)16-12(2)21-19(25)23-17(16)13-7-5-8-14(20)10-13/h3-10,17H,1-2H3,(H,22,24)(H2,21,23,25)/t17-/m1/s1. The number of benzene rings is 2. The second-order valence-electron chi connectivity index (χ2n) is 5.89. The Hall–Kier alpha value is -2.60. The number of amides is 3. The van der Waals surface area contributed by atoms with E-state index in [1.165, 1.54) is 0 Å².